The largest absolute Gasteiger partial charge is 0.397 e. The number of rotatable bonds is 2. The van der Waals surface area contributed by atoms with E-state index >= 15 is 0 Å². The van der Waals surface area contributed by atoms with Crippen molar-refractivity contribution in [3.8, 4) is 0 Å². The number of piperidine rings is 1. The number of hydrogen-bond donors (Lipinski definition) is 1. The van der Waals surface area contributed by atoms with Crippen molar-refractivity contribution in [3.63, 3.8) is 0 Å². The molecule has 0 aromatic heterocycles. The van der Waals surface area contributed by atoms with Crippen molar-refractivity contribution >= 4 is 28.7 Å². The molecule has 2 fully saturated rings. The molecule has 2 aliphatic heterocycles. The Kier molecular flexibility index (Phi) is 4.45. The van der Waals surface area contributed by atoms with Crippen molar-refractivity contribution in [2.75, 3.05) is 61.8 Å². The number of anilines is 3. The zero-order valence-electron chi connectivity index (χ0n) is 12.8. The van der Waals surface area contributed by atoms with Gasteiger partial charge in [-0.2, -0.15) is 0 Å². The summed E-state index contributed by atoms with van der Waals surface area (Å²) in [5.41, 5.74) is 9.21. The van der Waals surface area contributed by atoms with E-state index in [9.17, 15) is 0 Å². The van der Waals surface area contributed by atoms with Gasteiger partial charge in [0.25, 0.3) is 0 Å². The molecule has 3 rings (SSSR count). The molecule has 0 aliphatic carbocycles. The first-order valence-electron chi connectivity index (χ1n) is 7.93. The van der Waals surface area contributed by atoms with Gasteiger partial charge in [0.05, 0.1) is 22.1 Å². The first-order valence-corrected chi connectivity index (χ1v) is 8.31. The molecule has 1 aromatic rings. The number of nitrogen functional groups attached to an aromatic ring is 1. The second-order valence-electron chi connectivity index (χ2n) is 6.17. The Bertz CT molecular complexity index is 491. The second-order valence-corrected chi connectivity index (χ2v) is 6.55. The molecule has 2 N–H and O–H groups in total. The third kappa shape index (κ3) is 3.06. The van der Waals surface area contributed by atoms with Crippen LogP contribution in [0.15, 0.2) is 12.1 Å². The first kappa shape index (κ1) is 14.8. The van der Waals surface area contributed by atoms with E-state index in [2.05, 4.69) is 27.8 Å². The van der Waals surface area contributed by atoms with Crippen LogP contribution in [0.25, 0.3) is 0 Å². The third-order valence-electron chi connectivity index (χ3n) is 4.64. The van der Waals surface area contributed by atoms with Crippen LogP contribution in [0.2, 0.25) is 5.02 Å². The maximum absolute atomic E-state index is 6.74. The summed E-state index contributed by atoms with van der Waals surface area (Å²) in [5.74, 6) is 0. The summed E-state index contributed by atoms with van der Waals surface area (Å²) < 4.78 is 0. The van der Waals surface area contributed by atoms with Gasteiger partial charge in [0.15, 0.2) is 0 Å². The molecule has 2 aliphatic rings. The lowest BCUT2D eigenvalue weighted by atomic mass is 10.1. The Morgan fingerprint density at radius 1 is 0.905 bits per heavy atom. The molecule has 0 unspecified atom stereocenters. The van der Waals surface area contributed by atoms with Gasteiger partial charge in [0.1, 0.15) is 0 Å². The highest BCUT2D eigenvalue weighted by Crippen LogP contribution is 2.40. The maximum atomic E-state index is 6.74. The highest BCUT2D eigenvalue weighted by atomic mass is 35.5. The van der Waals surface area contributed by atoms with Gasteiger partial charge in [-0.05, 0) is 38.4 Å². The van der Waals surface area contributed by atoms with Crippen LogP contribution in [-0.2, 0) is 0 Å². The summed E-state index contributed by atoms with van der Waals surface area (Å²) >= 11 is 6.74. The third-order valence-corrected chi connectivity index (χ3v) is 5.02. The highest BCUT2D eigenvalue weighted by molar-refractivity contribution is 6.36. The van der Waals surface area contributed by atoms with E-state index in [1.807, 2.05) is 6.07 Å². The highest BCUT2D eigenvalue weighted by Gasteiger charge is 2.22. The zero-order valence-corrected chi connectivity index (χ0v) is 13.6. The molecule has 0 spiro atoms. The summed E-state index contributed by atoms with van der Waals surface area (Å²) in [6, 6.07) is 4.10. The van der Waals surface area contributed by atoms with E-state index in [0.29, 0.717) is 0 Å². The fourth-order valence-corrected chi connectivity index (χ4v) is 3.71. The molecular weight excluding hydrogens is 284 g/mol. The Hall–Kier alpha value is -1.13. The molecule has 4 nitrogen and oxygen atoms in total. The maximum Gasteiger partial charge on any atom is 0.0894 e. The van der Waals surface area contributed by atoms with Gasteiger partial charge in [-0.25, -0.2) is 0 Å². The summed E-state index contributed by atoms with van der Waals surface area (Å²) in [7, 11) is 2.17. The lowest BCUT2D eigenvalue weighted by molar-refractivity contribution is 0.313. The first-order chi connectivity index (χ1) is 10.2. The van der Waals surface area contributed by atoms with E-state index in [-0.39, 0.29) is 0 Å². The zero-order chi connectivity index (χ0) is 14.8. The molecule has 0 radical (unpaired) electrons. The smallest absolute Gasteiger partial charge is 0.0894 e. The van der Waals surface area contributed by atoms with E-state index in [1.54, 1.807) is 0 Å². The summed E-state index contributed by atoms with van der Waals surface area (Å²) in [4.78, 5) is 7.10. The van der Waals surface area contributed by atoms with Crippen molar-refractivity contribution in [1.82, 2.24) is 4.90 Å². The average molecular weight is 309 g/mol. The van der Waals surface area contributed by atoms with E-state index in [4.69, 9.17) is 17.3 Å². The van der Waals surface area contributed by atoms with E-state index < -0.39 is 0 Å². The lowest BCUT2D eigenvalue weighted by Gasteiger charge is -2.36. The molecule has 116 valence electrons. The molecule has 0 amide bonds. The molecule has 21 heavy (non-hydrogen) atoms. The summed E-state index contributed by atoms with van der Waals surface area (Å²) in [5, 5.41) is 0.835. The normalized spacial score (nSPS) is 20.9. The molecule has 0 bridgehead atoms. The predicted molar refractivity (Wildman–Crippen MR) is 91.6 cm³/mol. The quantitative estimate of drug-likeness (QED) is 0.852. The van der Waals surface area contributed by atoms with Crippen LogP contribution in [0.1, 0.15) is 19.3 Å². The number of benzene rings is 1. The van der Waals surface area contributed by atoms with Gasteiger partial charge in [-0.3, -0.25) is 0 Å². The summed E-state index contributed by atoms with van der Waals surface area (Å²) in [6.07, 6.45) is 3.77. The fourth-order valence-electron chi connectivity index (χ4n) is 3.30. The van der Waals surface area contributed by atoms with Crippen LogP contribution >= 0.6 is 11.6 Å². The van der Waals surface area contributed by atoms with Gasteiger partial charge in [-0.1, -0.05) is 11.6 Å². The van der Waals surface area contributed by atoms with Crippen LogP contribution in [0.5, 0.6) is 0 Å². The summed E-state index contributed by atoms with van der Waals surface area (Å²) in [6.45, 7) is 6.35. The number of nitrogens with two attached hydrogens (primary N) is 1. The van der Waals surface area contributed by atoms with Crippen molar-refractivity contribution in [3.05, 3.63) is 17.2 Å². The van der Waals surface area contributed by atoms with Crippen LogP contribution in [0.4, 0.5) is 17.1 Å². The molecule has 1 aromatic carbocycles. The number of hydrogen-bond acceptors (Lipinski definition) is 4. The molecule has 0 atom stereocenters. The monoisotopic (exact) mass is 308 g/mol. The topological polar surface area (TPSA) is 35.7 Å². The van der Waals surface area contributed by atoms with Gasteiger partial charge in [0.2, 0.25) is 0 Å². The fraction of sp³-hybridized carbons (Fsp3) is 0.625. The molecule has 2 saturated heterocycles. The number of likely N-dealkylation sites (N-methyl/N-ethyl adjacent to an activating group) is 1. The average Bonchev–Trinajstić information content (AvgIpc) is 2.50. The van der Waals surface area contributed by atoms with Crippen molar-refractivity contribution in [1.29, 1.82) is 0 Å². The lowest BCUT2D eigenvalue weighted by Crippen LogP contribution is -2.44. The molecular formula is C16H25ClN4. The molecule has 5 heteroatoms. The van der Waals surface area contributed by atoms with E-state index in [1.165, 1.54) is 19.3 Å². The minimum atomic E-state index is 0.805. The second kappa shape index (κ2) is 6.32. The van der Waals surface area contributed by atoms with Gasteiger partial charge in [0, 0.05) is 39.3 Å². The van der Waals surface area contributed by atoms with E-state index in [0.717, 1.165) is 61.4 Å². The van der Waals surface area contributed by atoms with Crippen LogP contribution in [0.3, 0.4) is 0 Å². The van der Waals surface area contributed by atoms with Gasteiger partial charge >= 0.3 is 0 Å². The SMILES string of the molecule is CN1CCN(c2ccc(N)c(N3CCCCC3)c2Cl)CC1. The standard InChI is InChI=1S/C16H25ClN4/c1-19-9-11-20(12-10-19)14-6-5-13(18)16(15(14)17)21-7-3-2-4-8-21/h5-6H,2-4,7-12,18H2,1H3. The number of piperazine rings is 1. The molecule has 0 saturated carbocycles. The molecule has 2 heterocycles. The predicted octanol–water partition coefficient (Wildman–Crippen LogP) is 2.66. The Balaban J connectivity index is 1.88. The Morgan fingerprint density at radius 3 is 2.24 bits per heavy atom. The number of nitrogens with zero attached hydrogens (tertiary/aromatic N) is 3. The van der Waals surface area contributed by atoms with Crippen LogP contribution in [-0.4, -0.2) is 51.2 Å². The van der Waals surface area contributed by atoms with Crippen molar-refractivity contribution in [2.45, 2.75) is 19.3 Å². The minimum absolute atomic E-state index is 0.805. The van der Waals surface area contributed by atoms with Crippen LogP contribution < -0.4 is 15.5 Å². The van der Waals surface area contributed by atoms with Crippen molar-refractivity contribution < 1.29 is 0 Å². The van der Waals surface area contributed by atoms with Gasteiger partial charge in [-0.15, -0.1) is 0 Å². The Labute approximate surface area is 132 Å². The van der Waals surface area contributed by atoms with Gasteiger partial charge < -0.3 is 20.4 Å². The number of halogens is 1. The minimum Gasteiger partial charge on any atom is -0.397 e. The van der Waals surface area contributed by atoms with Crippen LogP contribution in [0, 0.1) is 0 Å². The van der Waals surface area contributed by atoms with Crippen molar-refractivity contribution in [2.24, 2.45) is 0 Å². The Morgan fingerprint density at radius 2 is 1.57 bits per heavy atom.